The van der Waals surface area contributed by atoms with Gasteiger partial charge in [0.15, 0.2) is 10.8 Å². The minimum Gasteiger partial charge on any atom is -0.465 e. The number of aryl methyl sites for hydroxylation is 3. The number of ether oxygens (including phenoxy) is 1. The third-order valence-corrected chi connectivity index (χ3v) is 6.31. The summed E-state index contributed by atoms with van der Waals surface area (Å²) >= 11 is 3.14. The van der Waals surface area contributed by atoms with Crippen LogP contribution in [0.4, 0.5) is 0 Å². The van der Waals surface area contributed by atoms with Crippen LogP contribution in [0.25, 0.3) is 15.9 Å². The molecule has 0 atom stereocenters. The minimum atomic E-state index is -0.237. The van der Waals surface area contributed by atoms with Crippen LogP contribution in [-0.4, -0.2) is 37.9 Å². The van der Waals surface area contributed by atoms with Crippen LogP contribution < -0.4 is 0 Å². The molecule has 0 aromatic carbocycles. The van der Waals surface area contributed by atoms with E-state index in [1.54, 1.807) is 18.3 Å². The number of fused-ring (bicyclic) bond motifs is 5. The molecule has 3 aromatic rings. The van der Waals surface area contributed by atoms with Crippen LogP contribution in [0.3, 0.4) is 0 Å². The number of hydrogen-bond donors (Lipinski definition) is 0. The molecule has 0 saturated heterocycles. The Morgan fingerprint density at radius 2 is 2.17 bits per heavy atom. The lowest BCUT2D eigenvalue weighted by molar-refractivity contribution is -0.139. The lowest BCUT2D eigenvalue weighted by Gasteiger charge is -2.10. The number of carbonyl (C=O) groups excluding carboxylic acids is 1. The van der Waals surface area contributed by atoms with Gasteiger partial charge in [-0.1, -0.05) is 11.8 Å². The Bertz CT molecular complexity index is 931. The van der Waals surface area contributed by atoms with Crippen molar-refractivity contribution in [2.45, 2.75) is 44.7 Å². The second-order valence-electron chi connectivity index (χ2n) is 5.79. The summed E-state index contributed by atoms with van der Waals surface area (Å²) in [5.41, 5.74) is 2.26. The number of esters is 1. The molecule has 0 saturated carbocycles. The smallest absolute Gasteiger partial charge is 0.316 e. The Morgan fingerprint density at radius 1 is 1.33 bits per heavy atom. The van der Waals surface area contributed by atoms with Crippen molar-refractivity contribution < 1.29 is 9.53 Å². The molecular formula is C16H18N4O2S2. The van der Waals surface area contributed by atoms with E-state index in [1.165, 1.54) is 35.0 Å². The van der Waals surface area contributed by atoms with Crippen molar-refractivity contribution in [2.24, 2.45) is 0 Å². The number of aromatic nitrogens is 4. The molecule has 24 heavy (non-hydrogen) atoms. The summed E-state index contributed by atoms with van der Waals surface area (Å²) in [6, 6.07) is 0. The van der Waals surface area contributed by atoms with Crippen LogP contribution in [0.5, 0.6) is 0 Å². The van der Waals surface area contributed by atoms with Gasteiger partial charge in [0.25, 0.3) is 0 Å². The van der Waals surface area contributed by atoms with E-state index in [1.807, 2.05) is 11.3 Å². The highest BCUT2D eigenvalue weighted by Crippen LogP contribution is 2.38. The molecule has 0 unspecified atom stereocenters. The maximum absolute atomic E-state index is 11.6. The van der Waals surface area contributed by atoms with E-state index in [-0.39, 0.29) is 11.7 Å². The average molecular weight is 362 g/mol. The SMILES string of the molecule is CCOC(=O)CSc1nnc2c3c4c(sc3nc(C)n12)CCCC4. The van der Waals surface area contributed by atoms with Gasteiger partial charge >= 0.3 is 5.97 Å². The predicted molar refractivity (Wildman–Crippen MR) is 94.9 cm³/mol. The molecule has 126 valence electrons. The zero-order valence-electron chi connectivity index (χ0n) is 13.7. The zero-order chi connectivity index (χ0) is 16.7. The molecule has 3 heterocycles. The molecule has 6 nitrogen and oxygen atoms in total. The maximum atomic E-state index is 11.6. The molecule has 0 spiro atoms. The second-order valence-corrected chi connectivity index (χ2v) is 7.81. The summed E-state index contributed by atoms with van der Waals surface area (Å²) in [5.74, 6) is 0.847. The molecular weight excluding hydrogens is 344 g/mol. The number of thioether (sulfide) groups is 1. The standard InChI is InChI=1S/C16H18N4O2S2/c1-3-22-12(21)8-23-16-19-18-14-13-10-6-4-5-7-11(10)24-15(13)17-9(2)20(14)16/h3-8H2,1-2H3. The molecule has 1 aliphatic carbocycles. The van der Waals surface area contributed by atoms with Crippen molar-refractivity contribution in [3.63, 3.8) is 0 Å². The first-order valence-electron chi connectivity index (χ1n) is 8.13. The van der Waals surface area contributed by atoms with Crippen LogP contribution in [0, 0.1) is 6.92 Å². The monoisotopic (exact) mass is 362 g/mol. The van der Waals surface area contributed by atoms with Gasteiger partial charge in [0, 0.05) is 4.88 Å². The first kappa shape index (κ1) is 15.8. The lowest BCUT2D eigenvalue weighted by atomic mass is 9.97. The molecule has 4 rings (SSSR count). The highest BCUT2D eigenvalue weighted by atomic mass is 32.2. The van der Waals surface area contributed by atoms with Crippen molar-refractivity contribution in [2.75, 3.05) is 12.4 Å². The van der Waals surface area contributed by atoms with E-state index in [0.717, 1.165) is 34.5 Å². The fourth-order valence-corrected chi connectivity index (χ4v) is 5.28. The van der Waals surface area contributed by atoms with Crippen molar-refractivity contribution in [1.82, 2.24) is 19.6 Å². The van der Waals surface area contributed by atoms with E-state index in [2.05, 4.69) is 10.2 Å². The van der Waals surface area contributed by atoms with Crippen molar-refractivity contribution in [3.8, 4) is 0 Å². The minimum absolute atomic E-state index is 0.230. The fraction of sp³-hybridized carbons (Fsp3) is 0.500. The van der Waals surface area contributed by atoms with Crippen LogP contribution in [0.2, 0.25) is 0 Å². The fourth-order valence-electron chi connectivity index (χ4n) is 3.20. The van der Waals surface area contributed by atoms with Crippen LogP contribution in [0.15, 0.2) is 5.16 Å². The van der Waals surface area contributed by atoms with Gasteiger partial charge in [-0.3, -0.25) is 9.20 Å². The Balaban J connectivity index is 1.79. The molecule has 0 radical (unpaired) electrons. The van der Waals surface area contributed by atoms with E-state index in [0.29, 0.717) is 11.8 Å². The summed E-state index contributed by atoms with van der Waals surface area (Å²) < 4.78 is 6.95. The third-order valence-electron chi connectivity index (χ3n) is 4.22. The Labute approximate surface area is 147 Å². The van der Waals surface area contributed by atoms with Gasteiger partial charge < -0.3 is 4.74 Å². The summed E-state index contributed by atoms with van der Waals surface area (Å²) in [7, 11) is 0. The average Bonchev–Trinajstić information content (AvgIpc) is 3.14. The van der Waals surface area contributed by atoms with Crippen molar-refractivity contribution in [3.05, 3.63) is 16.3 Å². The maximum Gasteiger partial charge on any atom is 0.316 e. The lowest BCUT2D eigenvalue weighted by Crippen LogP contribution is -2.07. The largest absolute Gasteiger partial charge is 0.465 e. The number of thiophene rings is 1. The molecule has 1 aliphatic rings. The Morgan fingerprint density at radius 3 is 3.00 bits per heavy atom. The highest BCUT2D eigenvalue weighted by molar-refractivity contribution is 7.99. The highest BCUT2D eigenvalue weighted by Gasteiger charge is 2.22. The quantitative estimate of drug-likeness (QED) is 0.524. The molecule has 0 bridgehead atoms. The first-order chi connectivity index (χ1) is 11.7. The van der Waals surface area contributed by atoms with E-state index in [9.17, 15) is 4.79 Å². The van der Waals surface area contributed by atoms with E-state index < -0.39 is 0 Å². The van der Waals surface area contributed by atoms with Crippen LogP contribution in [-0.2, 0) is 22.4 Å². The molecule has 8 heteroatoms. The molecule has 0 N–H and O–H groups in total. The topological polar surface area (TPSA) is 69.4 Å². The van der Waals surface area contributed by atoms with Gasteiger partial charge in [0.2, 0.25) is 0 Å². The molecule has 0 amide bonds. The molecule has 0 aliphatic heterocycles. The predicted octanol–water partition coefficient (Wildman–Crippen LogP) is 3.18. The van der Waals surface area contributed by atoms with Gasteiger partial charge in [-0.2, -0.15) is 0 Å². The van der Waals surface area contributed by atoms with Crippen LogP contribution in [0.1, 0.15) is 36.0 Å². The van der Waals surface area contributed by atoms with Crippen LogP contribution >= 0.6 is 23.1 Å². The zero-order valence-corrected chi connectivity index (χ0v) is 15.3. The van der Waals surface area contributed by atoms with Gasteiger partial charge in [-0.25, -0.2) is 4.98 Å². The second kappa shape index (κ2) is 6.33. The van der Waals surface area contributed by atoms with E-state index >= 15 is 0 Å². The van der Waals surface area contributed by atoms with Crippen molar-refractivity contribution in [1.29, 1.82) is 0 Å². The number of carbonyl (C=O) groups is 1. The summed E-state index contributed by atoms with van der Waals surface area (Å²) in [4.78, 5) is 18.9. The van der Waals surface area contributed by atoms with Gasteiger partial charge in [0.05, 0.1) is 17.7 Å². The third kappa shape index (κ3) is 2.57. The Kier molecular flexibility index (Phi) is 4.17. The number of rotatable bonds is 4. The summed E-state index contributed by atoms with van der Waals surface area (Å²) in [6.45, 7) is 4.16. The molecule has 0 fully saturated rings. The van der Waals surface area contributed by atoms with Gasteiger partial charge in [0.1, 0.15) is 10.7 Å². The number of nitrogens with zero attached hydrogens (tertiary/aromatic N) is 4. The Hall–Kier alpha value is -1.67. The number of hydrogen-bond acceptors (Lipinski definition) is 7. The molecule has 3 aromatic heterocycles. The summed E-state index contributed by atoms with van der Waals surface area (Å²) in [5, 5.41) is 10.6. The normalized spacial score (nSPS) is 14.2. The first-order valence-corrected chi connectivity index (χ1v) is 9.93. The van der Waals surface area contributed by atoms with Gasteiger partial charge in [-0.15, -0.1) is 21.5 Å². The van der Waals surface area contributed by atoms with E-state index in [4.69, 9.17) is 9.72 Å². The summed E-state index contributed by atoms with van der Waals surface area (Å²) in [6.07, 6.45) is 4.70. The van der Waals surface area contributed by atoms with Gasteiger partial charge in [-0.05, 0) is 45.1 Å². The van der Waals surface area contributed by atoms with Crippen molar-refractivity contribution >= 4 is 44.9 Å².